The van der Waals surface area contributed by atoms with Crippen molar-refractivity contribution in [2.75, 3.05) is 11.4 Å². The first-order valence-corrected chi connectivity index (χ1v) is 6.69. The topological polar surface area (TPSA) is 44.1 Å². The minimum atomic E-state index is -0.364. The Morgan fingerprint density at radius 3 is 2.52 bits per heavy atom. The van der Waals surface area contributed by atoms with Gasteiger partial charge in [0.25, 0.3) is 0 Å². The molecule has 0 aliphatic carbocycles. The number of nitriles is 1. The predicted octanol–water partition coefficient (Wildman–Crippen LogP) is 3.29. The molecular weight excluding hydrogens is 267 g/mol. The Labute approximate surface area is 123 Å². The third-order valence-corrected chi connectivity index (χ3v) is 3.18. The maximum atomic E-state index is 13.3. The molecule has 1 amide bonds. The number of hydrogen-bond donors (Lipinski definition) is 0. The molecule has 2 aromatic rings. The number of carbonyl (C=O) groups is 1. The molecule has 0 unspecified atom stereocenters. The van der Waals surface area contributed by atoms with Gasteiger partial charge in [-0.3, -0.25) is 4.79 Å². The Morgan fingerprint density at radius 2 is 1.95 bits per heavy atom. The highest BCUT2D eigenvalue weighted by Crippen LogP contribution is 2.17. The zero-order chi connectivity index (χ0) is 15.2. The van der Waals surface area contributed by atoms with Gasteiger partial charge in [-0.15, -0.1) is 0 Å². The van der Waals surface area contributed by atoms with Crippen LogP contribution in [0, 0.1) is 17.1 Å². The van der Waals surface area contributed by atoms with E-state index >= 15 is 0 Å². The summed E-state index contributed by atoms with van der Waals surface area (Å²) in [6.07, 6.45) is 0.218. The lowest BCUT2D eigenvalue weighted by Gasteiger charge is -2.21. The second-order valence-corrected chi connectivity index (χ2v) is 4.60. The highest BCUT2D eigenvalue weighted by Gasteiger charge is 2.14. The first-order valence-electron chi connectivity index (χ1n) is 6.69. The summed E-state index contributed by atoms with van der Waals surface area (Å²) in [7, 11) is 0. The van der Waals surface area contributed by atoms with Crippen LogP contribution in [0.3, 0.4) is 0 Å². The van der Waals surface area contributed by atoms with Crippen molar-refractivity contribution in [3.8, 4) is 6.07 Å². The molecule has 0 N–H and O–H groups in total. The summed E-state index contributed by atoms with van der Waals surface area (Å²) in [6, 6.07) is 14.9. The van der Waals surface area contributed by atoms with Gasteiger partial charge in [0.1, 0.15) is 5.82 Å². The van der Waals surface area contributed by atoms with E-state index in [1.807, 2.05) is 13.0 Å². The van der Waals surface area contributed by atoms with E-state index in [-0.39, 0.29) is 18.1 Å². The first-order chi connectivity index (χ1) is 10.1. The maximum absolute atomic E-state index is 13.3. The monoisotopic (exact) mass is 282 g/mol. The minimum Gasteiger partial charge on any atom is -0.312 e. The largest absolute Gasteiger partial charge is 0.312 e. The number of anilines is 1. The van der Waals surface area contributed by atoms with E-state index in [0.29, 0.717) is 17.8 Å². The van der Waals surface area contributed by atoms with Crippen LogP contribution in [-0.4, -0.2) is 12.5 Å². The van der Waals surface area contributed by atoms with E-state index in [9.17, 15) is 9.18 Å². The van der Waals surface area contributed by atoms with Gasteiger partial charge in [0.2, 0.25) is 5.91 Å². The molecule has 0 radical (unpaired) electrons. The summed E-state index contributed by atoms with van der Waals surface area (Å²) in [5, 5.41) is 8.75. The molecule has 0 heterocycles. The Morgan fingerprint density at radius 1 is 1.24 bits per heavy atom. The van der Waals surface area contributed by atoms with Gasteiger partial charge in [0.15, 0.2) is 0 Å². The molecule has 106 valence electrons. The number of hydrogen-bond acceptors (Lipinski definition) is 2. The molecule has 0 aliphatic rings. The van der Waals surface area contributed by atoms with Gasteiger partial charge in [-0.05, 0) is 42.8 Å². The number of amides is 1. The standard InChI is InChI=1S/C17H15FN2O/c1-2-20(16-5-3-4-15(18)11-16)17(21)10-13-6-8-14(12-19)9-7-13/h3-9,11H,2,10H2,1H3. The fraction of sp³-hybridized carbons (Fsp3) is 0.176. The normalized spacial score (nSPS) is 9.95. The van der Waals surface area contributed by atoms with E-state index in [1.165, 1.54) is 12.1 Å². The number of carbonyl (C=O) groups excluding carboxylic acids is 1. The van der Waals surface area contributed by atoms with E-state index in [1.54, 1.807) is 41.3 Å². The summed E-state index contributed by atoms with van der Waals surface area (Å²) in [4.78, 5) is 13.9. The molecule has 3 nitrogen and oxygen atoms in total. The zero-order valence-electron chi connectivity index (χ0n) is 11.7. The lowest BCUT2D eigenvalue weighted by atomic mass is 10.1. The average molecular weight is 282 g/mol. The lowest BCUT2D eigenvalue weighted by Crippen LogP contribution is -2.32. The highest BCUT2D eigenvalue weighted by atomic mass is 19.1. The van der Waals surface area contributed by atoms with Crippen LogP contribution in [0.4, 0.5) is 10.1 Å². The van der Waals surface area contributed by atoms with Gasteiger partial charge >= 0.3 is 0 Å². The molecule has 0 aromatic heterocycles. The Balaban J connectivity index is 2.15. The number of likely N-dealkylation sites (N-methyl/N-ethyl adjacent to an activating group) is 1. The van der Waals surface area contributed by atoms with Crippen molar-refractivity contribution < 1.29 is 9.18 Å². The van der Waals surface area contributed by atoms with E-state index in [2.05, 4.69) is 0 Å². The third kappa shape index (κ3) is 3.67. The fourth-order valence-corrected chi connectivity index (χ4v) is 2.11. The van der Waals surface area contributed by atoms with Crippen molar-refractivity contribution >= 4 is 11.6 Å². The molecule has 21 heavy (non-hydrogen) atoms. The van der Waals surface area contributed by atoms with Gasteiger partial charge in [-0.25, -0.2) is 4.39 Å². The molecule has 0 saturated heterocycles. The second kappa shape index (κ2) is 6.67. The Bertz CT molecular complexity index is 674. The predicted molar refractivity (Wildman–Crippen MR) is 79.3 cm³/mol. The van der Waals surface area contributed by atoms with Crippen LogP contribution in [0.1, 0.15) is 18.1 Å². The Hall–Kier alpha value is -2.67. The number of rotatable bonds is 4. The lowest BCUT2D eigenvalue weighted by molar-refractivity contribution is -0.117. The van der Waals surface area contributed by atoms with E-state index in [4.69, 9.17) is 5.26 Å². The summed E-state index contributed by atoms with van der Waals surface area (Å²) < 4.78 is 13.3. The van der Waals surface area contributed by atoms with Crippen molar-refractivity contribution in [2.24, 2.45) is 0 Å². The van der Waals surface area contributed by atoms with Crippen LogP contribution in [0.2, 0.25) is 0 Å². The molecular formula is C17H15FN2O. The fourth-order valence-electron chi connectivity index (χ4n) is 2.11. The minimum absolute atomic E-state index is 0.104. The number of benzene rings is 2. The SMILES string of the molecule is CCN(C(=O)Cc1ccc(C#N)cc1)c1cccc(F)c1. The van der Waals surface area contributed by atoms with E-state index < -0.39 is 0 Å². The van der Waals surface area contributed by atoms with Crippen LogP contribution in [-0.2, 0) is 11.2 Å². The first kappa shape index (κ1) is 14.7. The summed E-state index contributed by atoms with van der Waals surface area (Å²) in [5.74, 6) is -0.468. The van der Waals surface area contributed by atoms with Gasteiger partial charge < -0.3 is 4.90 Å². The van der Waals surface area contributed by atoms with Crippen molar-refractivity contribution in [1.82, 2.24) is 0 Å². The molecule has 0 spiro atoms. The van der Waals surface area contributed by atoms with Gasteiger partial charge in [0, 0.05) is 12.2 Å². The van der Waals surface area contributed by atoms with Crippen molar-refractivity contribution in [2.45, 2.75) is 13.3 Å². The van der Waals surface area contributed by atoms with Gasteiger partial charge in [0.05, 0.1) is 18.1 Å². The molecule has 0 fully saturated rings. The second-order valence-electron chi connectivity index (χ2n) is 4.60. The van der Waals surface area contributed by atoms with Crippen molar-refractivity contribution in [3.05, 3.63) is 65.5 Å². The van der Waals surface area contributed by atoms with Crippen molar-refractivity contribution in [1.29, 1.82) is 5.26 Å². The van der Waals surface area contributed by atoms with Crippen LogP contribution in [0.5, 0.6) is 0 Å². The highest BCUT2D eigenvalue weighted by molar-refractivity contribution is 5.94. The smallest absolute Gasteiger partial charge is 0.231 e. The van der Waals surface area contributed by atoms with Crippen LogP contribution in [0.15, 0.2) is 48.5 Å². The average Bonchev–Trinajstić information content (AvgIpc) is 2.49. The molecule has 0 aliphatic heterocycles. The van der Waals surface area contributed by atoms with Crippen LogP contribution in [0.25, 0.3) is 0 Å². The van der Waals surface area contributed by atoms with Gasteiger partial charge in [-0.1, -0.05) is 18.2 Å². The van der Waals surface area contributed by atoms with Crippen LogP contribution >= 0.6 is 0 Å². The quantitative estimate of drug-likeness (QED) is 0.863. The summed E-state index contributed by atoms with van der Waals surface area (Å²) in [6.45, 7) is 2.32. The third-order valence-electron chi connectivity index (χ3n) is 3.18. The number of nitrogens with zero attached hydrogens (tertiary/aromatic N) is 2. The van der Waals surface area contributed by atoms with Crippen molar-refractivity contribution in [3.63, 3.8) is 0 Å². The van der Waals surface area contributed by atoms with Gasteiger partial charge in [-0.2, -0.15) is 5.26 Å². The summed E-state index contributed by atoms with van der Waals surface area (Å²) in [5.41, 5.74) is 1.94. The number of halogens is 1. The maximum Gasteiger partial charge on any atom is 0.231 e. The molecule has 0 atom stereocenters. The molecule has 4 heteroatoms. The zero-order valence-corrected chi connectivity index (χ0v) is 11.7. The molecule has 0 saturated carbocycles. The molecule has 2 rings (SSSR count). The summed E-state index contributed by atoms with van der Waals surface area (Å²) >= 11 is 0. The van der Waals surface area contributed by atoms with E-state index in [0.717, 1.165) is 5.56 Å². The Kier molecular flexibility index (Phi) is 4.68. The molecule has 0 bridgehead atoms. The van der Waals surface area contributed by atoms with Crippen LogP contribution < -0.4 is 4.90 Å². The molecule has 2 aromatic carbocycles.